The van der Waals surface area contributed by atoms with Crippen LogP contribution in [0.1, 0.15) is 15.9 Å². The first-order chi connectivity index (χ1) is 8.68. The number of carboxylic acid groups (broad SMARTS) is 1. The maximum atomic E-state index is 11.1. The van der Waals surface area contributed by atoms with Crippen molar-refractivity contribution in [3.8, 4) is 0 Å². The Balaban J connectivity index is 2.24. The summed E-state index contributed by atoms with van der Waals surface area (Å²) in [5.41, 5.74) is 2.05. The van der Waals surface area contributed by atoms with Crippen LogP contribution in [0.4, 0.5) is 5.69 Å². The lowest BCUT2D eigenvalue weighted by Crippen LogP contribution is -2.19. The second kappa shape index (κ2) is 5.31. The van der Waals surface area contributed by atoms with Gasteiger partial charge in [0, 0.05) is 26.0 Å². The number of benzene rings is 1. The van der Waals surface area contributed by atoms with Gasteiger partial charge < -0.3 is 10.0 Å². The first-order valence-electron chi connectivity index (χ1n) is 5.61. The second-order valence-corrected chi connectivity index (χ2v) is 4.04. The number of carboxylic acids is 1. The van der Waals surface area contributed by atoms with Crippen LogP contribution < -0.4 is 4.90 Å². The maximum Gasteiger partial charge on any atom is 0.337 e. The van der Waals surface area contributed by atoms with Crippen LogP contribution in [0, 0.1) is 0 Å². The molecule has 1 heterocycles. The molecular weight excluding hydrogens is 228 g/mol. The van der Waals surface area contributed by atoms with Crippen LogP contribution in [-0.2, 0) is 6.54 Å². The highest BCUT2D eigenvalue weighted by molar-refractivity contribution is 5.94. The lowest BCUT2D eigenvalue weighted by atomic mass is 10.1. The molecule has 1 aromatic carbocycles. The average Bonchev–Trinajstić information content (AvgIpc) is 2.40. The van der Waals surface area contributed by atoms with Crippen LogP contribution in [0.3, 0.4) is 0 Å². The fourth-order valence-corrected chi connectivity index (χ4v) is 1.84. The molecule has 4 heteroatoms. The van der Waals surface area contributed by atoms with Crippen LogP contribution in [0.25, 0.3) is 0 Å². The Morgan fingerprint density at radius 2 is 2.06 bits per heavy atom. The van der Waals surface area contributed by atoms with Gasteiger partial charge in [-0.2, -0.15) is 0 Å². The van der Waals surface area contributed by atoms with Crippen molar-refractivity contribution in [3.05, 3.63) is 59.9 Å². The third-order valence-corrected chi connectivity index (χ3v) is 2.69. The summed E-state index contributed by atoms with van der Waals surface area (Å²) in [7, 11) is 1.87. The molecule has 18 heavy (non-hydrogen) atoms. The molecule has 0 aliphatic heterocycles. The second-order valence-electron chi connectivity index (χ2n) is 4.04. The molecule has 0 amide bonds. The number of hydrogen-bond acceptors (Lipinski definition) is 3. The number of rotatable bonds is 4. The van der Waals surface area contributed by atoms with Gasteiger partial charge in [0.2, 0.25) is 0 Å². The van der Waals surface area contributed by atoms with E-state index in [0.29, 0.717) is 17.8 Å². The van der Waals surface area contributed by atoms with Crippen molar-refractivity contribution in [2.75, 3.05) is 11.9 Å². The third kappa shape index (κ3) is 2.66. The standard InChI is InChI=1S/C14H14N2O2/c1-16(10-11-5-4-8-15-9-11)13-7-3-2-6-12(13)14(17)18/h2-9H,10H2,1H3,(H,17,18). The number of carbonyl (C=O) groups is 1. The van der Waals surface area contributed by atoms with Crippen molar-refractivity contribution in [2.45, 2.75) is 6.54 Å². The Kier molecular flexibility index (Phi) is 3.57. The monoisotopic (exact) mass is 242 g/mol. The molecule has 2 aromatic rings. The summed E-state index contributed by atoms with van der Waals surface area (Å²) in [5, 5.41) is 9.14. The normalized spacial score (nSPS) is 10.1. The number of pyridine rings is 1. The first kappa shape index (κ1) is 12.1. The van der Waals surface area contributed by atoms with Gasteiger partial charge in [-0.15, -0.1) is 0 Å². The third-order valence-electron chi connectivity index (χ3n) is 2.69. The van der Waals surface area contributed by atoms with Gasteiger partial charge in [0.05, 0.1) is 11.3 Å². The number of anilines is 1. The van der Waals surface area contributed by atoms with Crippen LogP contribution in [0.2, 0.25) is 0 Å². The van der Waals surface area contributed by atoms with E-state index < -0.39 is 5.97 Å². The highest BCUT2D eigenvalue weighted by Gasteiger charge is 2.12. The van der Waals surface area contributed by atoms with Crippen molar-refractivity contribution >= 4 is 11.7 Å². The molecule has 0 spiro atoms. The number of aromatic carboxylic acids is 1. The van der Waals surface area contributed by atoms with Gasteiger partial charge >= 0.3 is 5.97 Å². The highest BCUT2D eigenvalue weighted by Crippen LogP contribution is 2.20. The van der Waals surface area contributed by atoms with Gasteiger partial charge in [-0.25, -0.2) is 4.79 Å². The summed E-state index contributed by atoms with van der Waals surface area (Å²) in [5.74, 6) is -0.913. The first-order valence-corrected chi connectivity index (χ1v) is 5.61. The molecule has 0 atom stereocenters. The SMILES string of the molecule is CN(Cc1cccnc1)c1ccccc1C(=O)O. The van der Waals surface area contributed by atoms with E-state index in [1.807, 2.05) is 30.1 Å². The molecule has 2 rings (SSSR count). The molecule has 0 bridgehead atoms. The number of nitrogens with zero attached hydrogens (tertiary/aromatic N) is 2. The van der Waals surface area contributed by atoms with Crippen molar-refractivity contribution in [2.24, 2.45) is 0 Å². The van der Waals surface area contributed by atoms with Crippen LogP contribution in [0.15, 0.2) is 48.8 Å². The fraction of sp³-hybridized carbons (Fsp3) is 0.143. The zero-order chi connectivity index (χ0) is 13.0. The lowest BCUT2D eigenvalue weighted by Gasteiger charge is -2.21. The minimum absolute atomic E-state index is 0.309. The average molecular weight is 242 g/mol. The summed E-state index contributed by atoms with van der Waals surface area (Å²) in [6.07, 6.45) is 3.49. The number of para-hydroxylation sites is 1. The minimum Gasteiger partial charge on any atom is -0.478 e. The molecule has 0 saturated carbocycles. The highest BCUT2D eigenvalue weighted by atomic mass is 16.4. The fourth-order valence-electron chi connectivity index (χ4n) is 1.84. The summed E-state index contributed by atoms with van der Waals surface area (Å²) in [6.45, 7) is 0.623. The molecular formula is C14H14N2O2. The Labute approximate surface area is 106 Å². The summed E-state index contributed by atoms with van der Waals surface area (Å²) in [4.78, 5) is 17.1. The molecule has 0 unspecified atom stereocenters. The Morgan fingerprint density at radius 3 is 2.72 bits per heavy atom. The molecule has 0 aliphatic carbocycles. The van der Waals surface area contributed by atoms with Crippen LogP contribution in [-0.4, -0.2) is 23.1 Å². The Hall–Kier alpha value is -2.36. The molecule has 1 aromatic heterocycles. The van der Waals surface area contributed by atoms with Gasteiger partial charge in [-0.1, -0.05) is 18.2 Å². The van der Waals surface area contributed by atoms with E-state index in [0.717, 1.165) is 5.56 Å². The lowest BCUT2D eigenvalue weighted by molar-refractivity contribution is 0.0697. The van der Waals surface area contributed by atoms with E-state index in [1.54, 1.807) is 30.6 Å². The van der Waals surface area contributed by atoms with E-state index in [9.17, 15) is 4.79 Å². The van der Waals surface area contributed by atoms with Gasteiger partial charge in [0.15, 0.2) is 0 Å². The zero-order valence-corrected chi connectivity index (χ0v) is 10.1. The number of hydrogen-bond donors (Lipinski definition) is 1. The van der Waals surface area contributed by atoms with Crippen molar-refractivity contribution in [3.63, 3.8) is 0 Å². The topological polar surface area (TPSA) is 53.4 Å². The predicted octanol–water partition coefficient (Wildman–Crippen LogP) is 2.42. The van der Waals surface area contributed by atoms with Gasteiger partial charge in [-0.3, -0.25) is 4.98 Å². The molecule has 0 saturated heterocycles. The van der Waals surface area contributed by atoms with E-state index in [2.05, 4.69) is 4.98 Å². The molecule has 92 valence electrons. The zero-order valence-electron chi connectivity index (χ0n) is 10.1. The Morgan fingerprint density at radius 1 is 1.28 bits per heavy atom. The largest absolute Gasteiger partial charge is 0.478 e. The van der Waals surface area contributed by atoms with E-state index in [1.165, 1.54) is 0 Å². The minimum atomic E-state index is -0.913. The number of aromatic nitrogens is 1. The molecule has 0 fully saturated rings. The summed E-state index contributed by atoms with van der Waals surface area (Å²) < 4.78 is 0. The van der Waals surface area contributed by atoms with Gasteiger partial charge in [0.25, 0.3) is 0 Å². The van der Waals surface area contributed by atoms with Crippen LogP contribution >= 0.6 is 0 Å². The molecule has 4 nitrogen and oxygen atoms in total. The molecule has 0 aliphatic rings. The van der Waals surface area contributed by atoms with E-state index in [4.69, 9.17) is 5.11 Å². The maximum absolute atomic E-state index is 11.1. The van der Waals surface area contributed by atoms with Gasteiger partial charge in [-0.05, 0) is 23.8 Å². The van der Waals surface area contributed by atoms with Crippen LogP contribution in [0.5, 0.6) is 0 Å². The van der Waals surface area contributed by atoms with E-state index >= 15 is 0 Å². The van der Waals surface area contributed by atoms with E-state index in [-0.39, 0.29) is 0 Å². The Bertz CT molecular complexity index is 541. The van der Waals surface area contributed by atoms with Crippen molar-refractivity contribution in [1.82, 2.24) is 4.98 Å². The smallest absolute Gasteiger partial charge is 0.337 e. The van der Waals surface area contributed by atoms with Crippen molar-refractivity contribution < 1.29 is 9.90 Å². The van der Waals surface area contributed by atoms with Gasteiger partial charge in [0.1, 0.15) is 0 Å². The quantitative estimate of drug-likeness (QED) is 0.894. The summed E-state index contributed by atoms with van der Waals surface area (Å²) >= 11 is 0. The predicted molar refractivity (Wildman–Crippen MR) is 69.7 cm³/mol. The molecule has 0 radical (unpaired) electrons. The molecule has 1 N–H and O–H groups in total. The summed E-state index contributed by atoms with van der Waals surface area (Å²) in [6, 6.07) is 10.8. The van der Waals surface area contributed by atoms with Crippen molar-refractivity contribution in [1.29, 1.82) is 0 Å².